The summed E-state index contributed by atoms with van der Waals surface area (Å²) < 4.78 is 0. The van der Waals surface area contributed by atoms with Crippen LogP contribution in [0.15, 0.2) is 24.3 Å². The molecule has 4 nitrogen and oxygen atoms in total. The van der Waals surface area contributed by atoms with E-state index in [0.29, 0.717) is 11.8 Å². The van der Waals surface area contributed by atoms with Gasteiger partial charge < -0.3 is 10.6 Å². The fraction of sp³-hybridized carbons (Fsp3) is 0.636. The molecular formula is C22H34N2O2. The average molecular weight is 359 g/mol. The zero-order valence-corrected chi connectivity index (χ0v) is 16.8. The molecule has 2 rings (SSSR count). The number of amides is 2. The number of rotatable bonds is 6. The Labute approximate surface area is 158 Å². The van der Waals surface area contributed by atoms with Gasteiger partial charge in [-0.25, -0.2) is 0 Å². The van der Waals surface area contributed by atoms with E-state index < -0.39 is 6.04 Å². The van der Waals surface area contributed by atoms with E-state index in [9.17, 15) is 9.59 Å². The quantitative estimate of drug-likeness (QED) is 0.773. The molecule has 0 heterocycles. The van der Waals surface area contributed by atoms with E-state index in [1.54, 1.807) is 0 Å². The third kappa shape index (κ3) is 5.58. The summed E-state index contributed by atoms with van der Waals surface area (Å²) in [7, 11) is 0. The Bertz CT molecular complexity index is 599. The van der Waals surface area contributed by atoms with E-state index in [2.05, 4.69) is 31.4 Å². The Morgan fingerprint density at radius 1 is 0.962 bits per heavy atom. The number of hydrogen-bond acceptors (Lipinski definition) is 2. The highest BCUT2D eigenvalue weighted by Gasteiger charge is 2.29. The minimum Gasteiger partial charge on any atom is -0.344 e. The summed E-state index contributed by atoms with van der Waals surface area (Å²) in [5, 5.41) is 5.95. The van der Waals surface area contributed by atoms with Gasteiger partial charge in [0, 0.05) is 11.6 Å². The van der Waals surface area contributed by atoms with Gasteiger partial charge in [-0.2, -0.15) is 0 Å². The first-order chi connectivity index (χ1) is 12.3. The van der Waals surface area contributed by atoms with Crippen molar-refractivity contribution in [2.24, 2.45) is 17.8 Å². The molecule has 1 aromatic carbocycles. The van der Waals surface area contributed by atoms with Crippen LogP contribution in [0.2, 0.25) is 0 Å². The molecule has 1 aromatic rings. The van der Waals surface area contributed by atoms with E-state index in [-0.39, 0.29) is 23.7 Å². The van der Waals surface area contributed by atoms with Gasteiger partial charge >= 0.3 is 0 Å². The van der Waals surface area contributed by atoms with E-state index in [4.69, 9.17) is 0 Å². The maximum absolute atomic E-state index is 12.7. The van der Waals surface area contributed by atoms with Crippen LogP contribution >= 0.6 is 0 Å². The lowest BCUT2D eigenvalue weighted by Crippen LogP contribution is -2.49. The van der Waals surface area contributed by atoms with Gasteiger partial charge in [-0.15, -0.1) is 0 Å². The number of carbonyl (C=O) groups is 2. The molecule has 0 saturated heterocycles. The first-order valence-corrected chi connectivity index (χ1v) is 9.99. The summed E-state index contributed by atoms with van der Waals surface area (Å²) in [4.78, 5) is 25.3. The van der Waals surface area contributed by atoms with Crippen LogP contribution in [0.25, 0.3) is 0 Å². The summed E-state index contributed by atoms with van der Waals surface area (Å²) >= 11 is 0. The minimum absolute atomic E-state index is 0.0286. The molecule has 2 N–H and O–H groups in total. The van der Waals surface area contributed by atoms with Crippen molar-refractivity contribution in [2.45, 2.75) is 72.3 Å². The topological polar surface area (TPSA) is 58.2 Å². The lowest BCUT2D eigenvalue weighted by molar-refractivity contribution is -0.131. The van der Waals surface area contributed by atoms with Gasteiger partial charge in [-0.3, -0.25) is 9.59 Å². The Kier molecular flexibility index (Phi) is 7.24. The average Bonchev–Trinajstić information content (AvgIpc) is 2.60. The predicted molar refractivity (Wildman–Crippen MR) is 107 cm³/mol. The highest BCUT2D eigenvalue weighted by atomic mass is 16.2. The van der Waals surface area contributed by atoms with E-state index >= 15 is 0 Å². The second kappa shape index (κ2) is 9.20. The van der Waals surface area contributed by atoms with Crippen molar-refractivity contribution in [1.82, 2.24) is 5.32 Å². The molecule has 0 radical (unpaired) electrons. The van der Waals surface area contributed by atoms with Crippen molar-refractivity contribution in [1.29, 1.82) is 0 Å². The predicted octanol–water partition coefficient (Wildman–Crippen LogP) is 4.72. The SMILES string of the molecule is CC1CCC(C(=O)NC(C(=O)Nc2ccc(C(C)C)cc2)C(C)C)CC1. The highest BCUT2D eigenvalue weighted by molar-refractivity contribution is 5.97. The normalized spacial score (nSPS) is 21.5. The van der Waals surface area contributed by atoms with Crippen molar-refractivity contribution >= 4 is 17.5 Å². The lowest BCUT2D eigenvalue weighted by atomic mass is 9.82. The van der Waals surface area contributed by atoms with E-state index in [1.807, 2.05) is 38.1 Å². The largest absolute Gasteiger partial charge is 0.344 e. The van der Waals surface area contributed by atoms with Gasteiger partial charge in [0.05, 0.1) is 0 Å². The molecule has 1 unspecified atom stereocenters. The van der Waals surface area contributed by atoms with Gasteiger partial charge in [0.25, 0.3) is 0 Å². The van der Waals surface area contributed by atoms with Gasteiger partial charge in [-0.05, 0) is 61.1 Å². The molecule has 1 aliphatic carbocycles. The maximum atomic E-state index is 12.7. The van der Waals surface area contributed by atoms with Crippen LogP contribution in [0.3, 0.4) is 0 Å². The van der Waals surface area contributed by atoms with Gasteiger partial charge in [0.2, 0.25) is 11.8 Å². The lowest BCUT2D eigenvalue weighted by Gasteiger charge is -2.28. The number of benzene rings is 1. The fourth-order valence-electron chi connectivity index (χ4n) is 3.50. The van der Waals surface area contributed by atoms with Crippen molar-refractivity contribution < 1.29 is 9.59 Å². The summed E-state index contributed by atoms with van der Waals surface area (Å²) in [6.07, 6.45) is 4.05. The fourth-order valence-corrected chi connectivity index (χ4v) is 3.50. The number of nitrogens with one attached hydrogen (secondary N) is 2. The molecule has 26 heavy (non-hydrogen) atoms. The van der Waals surface area contributed by atoms with Crippen LogP contribution in [-0.2, 0) is 9.59 Å². The smallest absolute Gasteiger partial charge is 0.247 e. The molecule has 1 aliphatic rings. The standard InChI is InChI=1S/C22H34N2O2/c1-14(2)17-10-12-19(13-11-17)23-22(26)20(15(3)4)24-21(25)18-8-6-16(5)7-9-18/h10-16,18,20H,6-9H2,1-5H3,(H,23,26)(H,24,25). The zero-order chi connectivity index (χ0) is 19.3. The van der Waals surface area contributed by atoms with Crippen LogP contribution in [0.1, 0.15) is 71.8 Å². The molecule has 144 valence electrons. The molecule has 1 saturated carbocycles. The first kappa shape index (κ1) is 20.5. The highest BCUT2D eigenvalue weighted by Crippen LogP contribution is 2.28. The third-order valence-corrected chi connectivity index (χ3v) is 5.48. The monoisotopic (exact) mass is 358 g/mol. The Hall–Kier alpha value is -1.84. The molecule has 1 atom stereocenters. The Balaban J connectivity index is 1.97. The van der Waals surface area contributed by atoms with E-state index in [1.165, 1.54) is 5.56 Å². The second-order valence-electron chi connectivity index (χ2n) is 8.45. The number of anilines is 1. The summed E-state index contributed by atoms with van der Waals surface area (Å²) in [5.41, 5.74) is 2.01. The minimum atomic E-state index is -0.508. The Morgan fingerprint density at radius 2 is 1.54 bits per heavy atom. The molecule has 4 heteroatoms. The van der Waals surface area contributed by atoms with E-state index in [0.717, 1.165) is 31.4 Å². The van der Waals surface area contributed by atoms with Crippen LogP contribution in [0, 0.1) is 17.8 Å². The van der Waals surface area contributed by atoms with Crippen molar-refractivity contribution in [3.63, 3.8) is 0 Å². The maximum Gasteiger partial charge on any atom is 0.247 e. The second-order valence-corrected chi connectivity index (χ2v) is 8.45. The van der Waals surface area contributed by atoms with Crippen LogP contribution < -0.4 is 10.6 Å². The summed E-state index contributed by atoms with van der Waals surface area (Å²) in [6, 6.07) is 7.41. The summed E-state index contributed by atoms with van der Waals surface area (Å²) in [6.45, 7) is 10.5. The van der Waals surface area contributed by atoms with Crippen molar-refractivity contribution in [3.8, 4) is 0 Å². The number of carbonyl (C=O) groups excluding carboxylic acids is 2. The van der Waals surface area contributed by atoms with Crippen molar-refractivity contribution in [2.75, 3.05) is 5.32 Å². The molecule has 0 bridgehead atoms. The molecule has 0 spiro atoms. The third-order valence-electron chi connectivity index (χ3n) is 5.48. The number of hydrogen-bond donors (Lipinski definition) is 2. The van der Waals surface area contributed by atoms with Crippen LogP contribution in [0.4, 0.5) is 5.69 Å². The zero-order valence-electron chi connectivity index (χ0n) is 16.8. The van der Waals surface area contributed by atoms with Crippen molar-refractivity contribution in [3.05, 3.63) is 29.8 Å². The molecule has 1 fully saturated rings. The van der Waals surface area contributed by atoms with Gasteiger partial charge in [0.1, 0.15) is 6.04 Å². The van der Waals surface area contributed by atoms with Crippen LogP contribution in [-0.4, -0.2) is 17.9 Å². The van der Waals surface area contributed by atoms with Gasteiger partial charge in [-0.1, -0.05) is 46.8 Å². The molecular weight excluding hydrogens is 324 g/mol. The molecule has 2 amide bonds. The first-order valence-electron chi connectivity index (χ1n) is 9.99. The Morgan fingerprint density at radius 3 is 2.04 bits per heavy atom. The van der Waals surface area contributed by atoms with Crippen LogP contribution in [0.5, 0.6) is 0 Å². The molecule has 0 aliphatic heterocycles. The summed E-state index contributed by atoms with van der Waals surface area (Å²) in [5.74, 6) is 1.13. The van der Waals surface area contributed by atoms with Gasteiger partial charge in [0.15, 0.2) is 0 Å². The molecule has 0 aromatic heterocycles.